The second kappa shape index (κ2) is 8.20. The minimum atomic E-state index is -4.50. The van der Waals surface area contributed by atoms with Crippen LogP contribution >= 0.6 is 11.6 Å². The standard InChI is InChI=1S/C18H17ClF3N5O4/c19-10-2-1-9(18(20,21)22)3-8(10)4-23-15-12-16(25-6-24-15)27(7-26-12)17-14(30)13(29)11(5-28)31-17/h1-3,6-7,11,13-14,17,28-30H,4-5H2,(H,23,24,25)/t11-,13-,14-,17-/m1/s1. The molecule has 0 unspecified atom stereocenters. The highest BCUT2D eigenvalue weighted by atomic mass is 35.5. The van der Waals surface area contributed by atoms with Crippen LogP contribution in [-0.2, 0) is 17.5 Å². The monoisotopic (exact) mass is 459 g/mol. The molecule has 4 atom stereocenters. The molecule has 166 valence electrons. The zero-order valence-corrected chi connectivity index (χ0v) is 16.4. The summed E-state index contributed by atoms with van der Waals surface area (Å²) in [6.45, 7) is -0.545. The maximum Gasteiger partial charge on any atom is 0.416 e. The largest absolute Gasteiger partial charge is 0.416 e. The molecule has 4 N–H and O–H groups in total. The minimum absolute atomic E-state index is 0.0599. The van der Waals surface area contributed by atoms with Crippen LogP contribution in [0.15, 0.2) is 30.9 Å². The molecule has 0 saturated carbocycles. The zero-order valence-electron chi connectivity index (χ0n) is 15.7. The van der Waals surface area contributed by atoms with Gasteiger partial charge in [-0.2, -0.15) is 13.2 Å². The summed E-state index contributed by atoms with van der Waals surface area (Å²) in [5.41, 5.74) is -0.0906. The van der Waals surface area contributed by atoms with Gasteiger partial charge in [-0.05, 0) is 23.8 Å². The number of imidazole rings is 1. The molecule has 13 heteroatoms. The topological polar surface area (TPSA) is 126 Å². The molecule has 0 aliphatic carbocycles. The quantitative estimate of drug-likeness (QED) is 0.454. The molecule has 3 aromatic rings. The number of hydrogen-bond donors (Lipinski definition) is 4. The Morgan fingerprint density at radius 1 is 1.16 bits per heavy atom. The molecule has 31 heavy (non-hydrogen) atoms. The van der Waals surface area contributed by atoms with Crippen molar-refractivity contribution in [3.8, 4) is 0 Å². The van der Waals surface area contributed by atoms with Crippen molar-refractivity contribution in [2.24, 2.45) is 0 Å². The van der Waals surface area contributed by atoms with Crippen molar-refractivity contribution < 1.29 is 33.2 Å². The van der Waals surface area contributed by atoms with E-state index in [1.807, 2.05) is 0 Å². The molecular weight excluding hydrogens is 443 g/mol. The van der Waals surface area contributed by atoms with Gasteiger partial charge in [0.25, 0.3) is 0 Å². The lowest BCUT2D eigenvalue weighted by Crippen LogP contribution is -2.33. The Labute approximate surface area is 178 Å². The average molecular weight is 460 g/mol. The lowest BCUT2D eigenvalue weighted by molar-refractivity contribution is -0.137. The first-order chi connectivity index (χ1) is 14.7. The summed E-state index contributed by atoms with van der Waals surface area (Å²) in [7, 11) is 0. The van der Waals surface area contributed by atoms with E-state index in [4.69, 9.17) is 16.3 Å². The van der Waals surface area contributed by atoms with Gasteiger partial charge in [-0.3, -0.25) is 4.57 Å². The highest BCUT2D eigenvalue weighted by molar-refractivity contribution is 6.31. The highest BCUT2D eigenvalue weighted by Crippen LogP contribution is 2.33. The Kier molecular flexibility index (Phi) is 5.75. The molecule has 0 bridgehead atoms. The summed E-state index contributed by atoms with van der Waals surface area (Å²) in [6.07, 6.45) is -6.61. The number of halogens is 4. The number of nitrogens with one attached hydrogen (secondary N) is 1. The number of aliphatic hydroxyl groups excluding tert-OH is 3. The molecule has 2 aromatic heterocycles. The van der Waals surface area contributed by atoms with E-state index >= 15 is 0 Å². The Morgan fingerprint density at radius 3 is 2.61 bits per heavy atom. The predicted molar refractivity (Wildman–Crippen MR) is 102 cm³/mol. The van der Waals surface area contributed by atoms with Crippen molar-refractivity contribution in [1.29, 1.82) is 0 Å². The number of aliphatic hydroxyl groups is 3. The number of nitrogens with zero attached hydrogens (tertiary/aromatic N) is 4. The van der Waals surface area contributed by atoms with E-state index in [9.17, 15) is 28.5 Å². The van der Waals surface area contributed by atoms with E-state index < -0.39 is 42.9 Å². The summed E-state index contributed by atoms with van der Waals surface area (Å²) >= 11 is 6.03. The van der Waals surface area contributed by atoms with Crippen molar-refractivity contribution >= 4 is 28.6 Å². The van der Waals surface area contributed by atoms with E-state index in [1.54, 1.807) is 0 Å². The Balaban J connectivity index is 1.60. The molecule has 3 heterocycles. The average Bonchev–Trinajstić information content (AvgIpc) is 3.28. The number of ether oxygens (including phenoxy) is 1. The van der Waals surface area contributed by atoms with Crippen LogP contribution in [0.3, 0.4) is 0 Å². The highest BCUT2D eigenvalue weighted by Gasteiger charge is 2.44. The summed E-state index contributed by atoms with van der Waals surface area (Å²) < 4.78 is 45.8. The molecule has 1 aliphatic heterocycles. The van der Waals surface area contributed by atoms with Gasteiger partial charge in [0, 0.05) is 11.6 Å². The molecule has 1 aliphatic rings. The number of benzene rings is 1. The van der Waals surface area contributed by atoms with Crippen molar-refractivity contribution in [1.82, 2.24) is 19.5 Å². The van der Waals surface area contributed by atoms with Crippen molar-refractivity contribution in [2.75, 3.05) is 11.9 Å². The van der Waals surface area contributed by atoms with E-state index in [0.29, 0.717) is 0 Å². The van der Waals surface area contributed by atoms with Crippen molar-refractivity contribution in [2.45, 2.75) is 37.3 Å². The zero-order chi connectivity index (χ0) is 22.3. The number of alkyl halides is 3. The van der Waals surface area contributed by atoms with Crippen LogP contribution in [0.2, 0.25) is 5.02 Å². The first-order valence-electron chi connectivity index (χ1n) is 9.10. The van der Waals surface area contributed by atoms with Crippen LogP contribution in [0.4, 0.5) is 19.0 Å². The smallest absolute Gasteiger partial charge is 0.394 e. The molecular formula is C18H17ClF3N5O4. The fraction of sp³-hybridized carbons (Fsp3) is 0.389. The van der Waals surface area contributed by atoms with E-state index in [-0.39, 0.29) is 34.1 Å². The van der Waals surface area contributed by atoms with Gasteiger partial charge in [0.15, 0.2) is 23.2 Å². The molecule has 1 fully saturated rings. The van der Waals surface area contributed by atoms with Crippen molar-refractivity contribution in [3.05, 3.63) is 47.0 Å². The van der Waals surface area contributed by atoms with Crippen LogP contribution in [-0.4, -0.2) is 59.8 Å². The van der Waals surface area contributed by atoms with Crippen molar-refractivity contribution in [3.63, 3.8) is 0 Å². The normalized spacial score (nSPS) is 24.1. The molecule has 0 amide bonds. The fourth-order valence-corrected chi connectivity index (χ4v) is 3.53. The van der Waals surface area contributed by atoms with Gasteiger partial charge in [0.05, 0.1) is 18.5 Å². The maximum absolute atomic E-state index is 13.0. The number of aromatic nitrogens is 4. The van der Waals surface area contributed by atoms with Crippen LogP contribution in [0.25, 0.3) is 11.2 Å². The summed E-state index contributed by atoms with van der Waals surface area (Å²) in [5.74, 6) is 0.226. The molecule has 9 nitrogen and oxygen atoms in total. The van der Waals surface area contributed by atoms with Crippen LogP contribution in [0, 0.1) is 0 Å². The van der Waals surface area contributed by atoms with E-state index in [1.165, 1.54) is 23.3 Å². The van der Waals surface area contributed by atoms with Gasteiger partial charge in [0.2, 0.25) is 0 Å². The van der Waals surface area contributed by atoms with Crippen LogP contribution in [0.1, 0.15) is 17.4 Å². The summed E-state index contributed by atoms with van der Waals surface area (Å²) in [6, 6.07) is 3.02. The Hall–Kier alpha value is -2.51. The van der Waals surface area contributed by atoms with Gasteiger partial charge in [0.1, 0.15) is 24.6 Å². The fourth-order valence-electron chi connectivity index (χ4n) is 3.34. The lowest BCUT2D eigenvalue weighted by atomic mass is 10.1. The van der Waals surface area contributed by atoms with Crippen LogP contribution < -0.4 is 5.32 Å². The molecule has 0 radical (unpaired) electrons. The summed E-state index contributed by atoms with van der Waals surface area (Å²) in [5, 5.41) is 32.5. The van der Waals surface area contributed by atoms with Crippen LogP contribution in [0.5, 0.6) is 0 Å². The number of anilines is 1. The van der Waals surface area contributed by atoms with Gasteiger partial charge in [-0.25, -0.2) is 15.0 Å². The molecule has 0 spiro atoms. The first-order valence-corrected chi connectivity index (χ1v) is 9.48. The SMILES string of the molecule is OC[C@H]1O[C@@H](n2cnc3c(NCc4cc(C(F)(F)F)ccc4Cl)ncnc32)[C@H](O)[C@@H]1O. The van der Waals surface area contributed by atoms with Gasteiger partial charge in [-0.15, -0.1) is 0 Å². The van der Waals surface area contributed by atoms with E-state index in [2.05, 4.69) is 20.3 Å². The molecule has 1 saturated heterocycles. The Morgan fingerprint density at radius 2 is 1.94 bits per heavy atom. The first kappa shape index (κ1) is 21.7. The third kappa shape index (κ3) is 4.04. The van der Waals surface area contributed by atoms with Gasteiger partial charge < -0.3 is 25.4 Å². The van der Waals surface area contributed by atoms with Gasteiger partial charge >= 0.3 is 6.18 Å². The minimum Gasteiger partial charge on any atom is -0.394 e. The predicted octanol–water partition coefficient (Wildman–Crippen LogP) is 1.72. The third-order valence-corrected chi connectivity index (χ3v) is 5.34. The lowest BCUT2D eigenvalue weighted by Gasteiger charge is -2.16. The molecule has 4 rings (SSSR count). The number of rotatable bonds is 5. The second-order valence-electron chi connectivity index (χ2n) is 6.93. The third-order valence-electron chi connectivity index (χ3n) is 4.97. The van der Waals surface area contributed by atoms with Gasteiger partial charge in [-0.1, -0.05) is 11.6 Å². The maximum atomic E-state index is 13.0. The summed E-state index contributed by atoms with van der Waals surface area (Å²) in [4.78, 5) is 12.4. The number of hydrogen-bond acceptors (Lipinski definition) is 8. The Bertz CT molecular complexity index is 1100. The number of fused-ring (bicyclic) bond motifs is 1. The second-order valence-corrected chi connectivity index (χ2v) is 7.34. The molecule has 1 aromatic carbocycles. The van der Waals surface area contributed by atoms with E-state index in [0.717, 1.165) is 12.1 Å².